The first kappa shape index (κ1) is 16.6. The number of benzene rings is 2. The Morgan fingerprint density at radius 2 is 1.35 bits per heavy atom. The van der Waals surface area contributed by atoms with Crippen LogP contribution < -0.4 is 14.2 Å². The summed E-state index contributed by atoms with van der Waals surface area (Å²) in [5.41, 5.74) is 0.181. The Labute approximate surface area is 133 Å². The van der Waals surface area contributed by atoms with Crippen LogP contribution >= 0.6 is 0 Å². The molecule has 0 amide bonds. The number of aromatic carboxylic acids is 1. The lowest BCUT2D eigenvalue weighted by atomic mass is 10.2. The molecule has 6 heteroatoms. The Morgan fingerprint density at radius 3 is 1.78 bits per heavy atom. The number of aliphatic hydroxyl groups excluding tert-OH is 1. The Kier molecular flexibility index (Phi) is 5.82. The molecule has 2 N–H and O–H groups in total. The predicted molar refractivity (Wildman–Crippen MR) is 83.4 cm³/mol. The van der Waals surface area contributed by atoms with Gasteiger partial charge in [0.05, 0.1) is 12.7 Å². The fourth-order valence-electron chi connectivity index (χ4n) is 1.80. The van der Waals surface area contributed by atoms with Crippen LogP contribution in [0.3, 0.4) is 0 Å². The maximum Gasteiger partial charge on any atom is 0.335 e. The maximum atomic E-state index is 10.7. The van der Waals surface area contributed by atoms with Crippen molar-refractivity contribution < 1.29 is 29.2 Å². The van der Waals surface area contributed by atoms with Crippen LogP contribution in [0.2, 0.25) is 0 Å². The molecule has 0 unspecified atom stereocenters. The summed E-state index contributed by atoms with van der Waals surface area (Å²) in [6.45, 7) is 0.127. The minimum atomic E-state index is -0.996. The normalized spacial score (nSPS) is 11.6. The minimum absolute atomic E-state index is 0.0442. The van der Waals surface area contributed by atoms with Crippen molar-refractivity contribution in [2.75, 3.05) is 20.3 Å². The number of hydrogen-bond acceptors (Lipinski definition) is 5. The van der Waals surface area contributed by atoms with Crippen LogP contribution in [0.5, 0.6) is 17.2 Å². The molecule has 0 bridgehead atoms. The van der Waals surface area contributed by atoms with E-state index in [2.05, 4.69) is 0 Å². The largest absolute Gasteiger partial charge is 0.497 e. The van der Waals surface area contributed by atoms with Crippen molar-refractivity contribution in [3.8, 4) is 17.2 Å². The smallest absolute Gasteiger partial charge is 0.335 e. The fourth-order valence-corrected chi connectivity index (χ4v) is 1.80. The van der Waals surface area contributed by atoms with Crippen molar-refractivity contribution in [1.29, 1.82) is 0 Å². The minimum Gasteiger partial charge on any atom is -0.497 e. The number of hydrogen-bond donors (Lipinski definition) is 2. The van der Waals surface area contributed by atoms with Crippen molar-refractivity contribution in [2.45, 2.75) is 6.10 Å². The van der Waals surface area contributed by atoms with Crippen molar-refractivity contribution in [3.05, 3.63) is 54.1 Å². The van der Waals surface area contributed by atoms with Gasteiger partial charge in [0.25, 0.3) is 0 Å². The number of aliphatic hydroxyl groups is 1. The predicted octanol–water partition coefficient (Wildman–Crippen LogP) is 2.21. The van der Waals surface area contributed by atoms with E-state index in [1.54, 1.807) is 43.5 Å². The van der Waals surface area contributed by atoms with Crippen molar-refractivity contribution in [3.63, 3.8) is 0 Å². The Hall–Kier alpha value is -2.73. The van der Waals surface area contributed by atoms with Crippen LogP contribution in [0.1, 0.15) is 10.4 Å². The van der Waals surface area contributed by atoms with Crippen molar-refractivity contribution in [2.24, 2.45) is 0 Å². The molecule has 2 rings (SSSR count). The monoisotopic (exact) mass is 318 g/mol. The highest BCUT2D eigenvalue weighted by molar-refractivity contribution is 5.87. The van der Waals surface area contributed by atoms with Gasteiger partial charge >= 0.3 is 5.97 Å². The quantitative estimate of drug-likeness (QED) is 0.776. The van der Waals surface area contributed by atoms with E-state index in [4.69, 9.17) is 19.3 Å². The zero-order chi connectivity index (χ0) is 16.7. The second-order valence-electron chi connectivity index (χ2n) is 4.78. The first-order valence-corrected chi connectivity index (χ1v) is 6.99. The average molecular weight is 318 g/mol. The molecule has 0 aliphatic rings. The molecule has 6 nitrogen and oxygen atoms in total. The molecule has 2 aromatic carbocycles. The van der Waals surface area contributed by atoms with E-state index in [1.165, 1.54) is 12.1 Å². The molecule has 0 aliphatic carbocycles. The second kappa shape index (κ2) is 8.05. The molecule has 0 aromatic heterocycles. The molecular formula is C17H18O6. The summed E-state index contributed by atoms with van der Waals surface area (Å²) in [6, 6.07) is 13.0. The van der Waals surface area contributed by atoms with Crippen LogP contribution in [0.25, 0.3) is 0 Å². The molecule has 0 fully saturated rings. The van der Waals surface area contributed by atoms with E-state index in [-0.39, 0.29) is 18.8 Å². The Bertz CT molecular complexity index is 621. The molecule has 2 aromatic rings. The summed E-state index contributed by atoms with van der Waals surface area (Å²) in [7, 11) is 1.58. The van der Waals surface area contributed by atoms with Gasteiger partial charge in [0.1, 0.15) is 36.6 Å². The standard InChI is InChI=1S/C17H18O6/c1-21-14-6-8-16(9-7-14)23-11-13(18)10-22-15-4-2-12(3-5-15)17(19)20/h2-9,13,18H,10-11H2,1H3,(H,19,20)/t13-/m1/s1. The van der Waals surface area contributed by atoms with Gasteiger partial charge in [-0.2, -0.15) is 0 Å². The number of methoxy groups -OCH3 is 1. The zero-order valence-corrected chi connectivity index (χ0v) is 12.6. The summed E-state index contributed by atoms with van der Waals surface area (Å²) in [5.74, 6) is 0.838. The van der Waals surface area contributed by atoms with Gasteiger partial charge in [-0.05, 0) is 48.5 Å². The van der Waals surface area contributed by atoms with Gasteiger partial charge in [-0.15, -0.1) is 0 Å². The third kappa shape index (κ3) is 5.19. The first-order valence-electron chi connectivity index (χ1n) is 6.99. The van der Waals surface area contributed by atoms with E-state index in [0.29, 0.717) is 11.5 Å². The number of rotatable bonds is 8. The van der Waals surface area contributed by atoms with Crippen LogP contribution in [0.15, 0.2) is 48.5 Å². The van der Waals surface area contributed by atoms with Gasteiger partial charge in [0.15, 0.2) is 0 Å². The molecule has 0 saturated heterocycles. The van der Waals surface area contributed by atoms with E-state index in [0.717, 1.165) is 5.75 Å². The molecule has 0 saturated carbocycles. The molecule has 122 valence electrons. The number of carboxylic acids is 1. The van der Waals surface area contributed by atoms with Crippen LogP contribution in [-0.2, 0) is 0 Å². The van der Waals surface area contributed by atoms with Gasteiger partial charge in [-0.25, -0.2) is 4.79 Å². The highest BCUT2D eigenvalue weighted by Crippen LogP contribution is 2.17. The molecular weight excluding hydrogens is 300 g/mol. The highest BCUT2D eigenvalue weighted by atomic mass is 16.5. The SMILES string of the molecule is COc1ccc(OC[C@H](O)COc2ccc(C(=O)O)cc2)cc1. The summed E-state index contributed by atoms with van der Waals surface area (Å²) in [6.07, 6.45) is -0.809. The first-order chi connectivity index (χ1) is 11.1. The lowest BCUT2D eigenvalue weighted by molar-refractivity contribution is 0.0625. The Balaban J connectivity index is 1.75. The second-order valence-corrected chi connectivity index (χ2v) is 4.78. The highest BCUT2D eigenvalue weighted by Gasteiger charge is 2.08. The molecule has 1 atom stereocenters. The van der Waals surface area contributed by atoms with Gasteiger partial charge in [-0.3, -0.25) is 0 Å². The van der Waals surface area contributed by atoms with Crippen LogP contribution in [0, 0.1) is 0 Å². The molecule has 0 aliphatic heterocycles. The summed E-state index contributed by atoms with van der Waals surface area (Å²) >= 11 is 0. The van der Waals surface area contributed by atoms with E-state index in [1.807, 2.05) is 0 Å². The third-order valence-corrected chi connectivity index (χ3v) is 3.05. The van der Waals surface area contributed by atoms with Crippen LogP contribution in [-0.4, -0.2) is 42.6 Å². The van der Waals surface area contributed by atoms with Gasteiger partial charge in [0, 0.05) is 0 Å². The molecule has 0 radical (unpaired) electrons. The van der Waals surface area contributed by atoms with E-state index in [9.17, 15) is 9.90 Å². The van der Waals surface area contributed by atoms with E-state index >= 15 is 0 Å². The number of ether oxygens (including phenoxy) is 3. The number of carboxylic acid groups (broad SMARTS) is 1. The number of carbonyl (C=O) groups is 1. The summed E-state index contributed by atoms with van der Waals surface area (Å²) < 4.78 is 15.9. The van der Waals surface area contributed by atoms with Crippen molar-refractivity contribution >= 4 is 5.97 Å². The maximum absolute atomic E-state index is 10.7. The lowest BCUT2D eigenvalue weighted by Gasteiger charge is -2.14. The van der Waals surface area contributed by atoms with E-state index < -0.39 is 12.1 Å². The van der Waals surface area contributed by atoms with Gasteiger partial charge in [-0.1, -0.05) is 0 Å². The van der Waals surface area contributed by atoms with Crippen LogP contribution in [0.4, 0.5) is 0 Å². The zero-order valence-electron chi connectivity index (χ0n) is 12.6. The summed E-state index contributed by atoms with van der Waals surface area (Å²) in [5, 5.41) is 18.6. The molecule has 0 spiro atoms. The van der Waals surface area contributed by atoms with Crippen molar-refractivity contribution in [1.82, 2.24) is 0 Å². The average Bonchev–Trinajstić information content (AvgIpc) is 2.59. The van der Waals surface area contributed by atoms with Gasteiger partial charge < -0.3 is 24.4 Å². The third-order valence-electron chi connectivity index (χ3n) is 3.05. The fraction of sp³-hybridized carbons (Fsp3) is 0.235. The summed E-state index contributed by atoms with van der Waals surface area (Å²) in [4.78, 5) is 10.7. The lowest BCUT2D eigenvalue weighted by Crippen LogP contribution is -2.25. The molecule has 0 heterocycles. The topological polar surface area (TPSA) is 85.2 Å². The Morgan fingerprint density at radius 1 is 0.913 bits per heavy atom. The van der Waals surface area contributed by atoms with Gasteiger partial charge in [0.2, 0.25) is 0 Å². The molecule has 23 heavy (non-hydrogen) atoms.